The van der Waals surface area contributed by atoms with E-state index >= 15 is 0 Å². The van der Waals surface area contributed by atoms with Crippen molar-refractivity contribution in [2.45, 2.75) is 6.42 Å². The quantitative estimate of drug-likeness (QED) is 0.724. The highest BCUT2D eigenvalue weighted by Gasteiger charge is 2.18. The number of carboxylic acids is 1. The van der Waals surface area contributed by atoms with Crippen LogP contribution >= 0.6 is 11.6 Å². The number of rotatable bonds is 6. The van der Waals surface area contributed by atoms with Crippen molar-refractivity contribution < 1.29 is 18.3 Å². The lowest BCUT2D eigenvalue weighted by Gasteiger charge is -2.16. The Morgan fingerprint density at radius 2 is 2.22 bits per heavy atom. The first kappa shape index (κ1) is 14.6. The van der Waals surface area contributed by atoms with Gasteiger partial charge in [0.1, 0.15) is 17.3 Å². The standard InChI is InChI=1S/C8H11ClN4O4S/c1-13(3-2-8(14)15)18(16,17)12-7-4-6(9)10-5-11-7/h4-5H,2-3H2,1H3,(H,14,15)(H,10,11,12). The van der Waals surface area contributed by atoms with Crippen LogP contribution in [0.2, 0.25) is 5.15 Å². The fourth-order valence-corrected chi connectivity index (χ4v) is 1.98. The molecule has 1 aromatic rings. The first-order chi connectivity index (χ1) is 8.31. The topological polar surface area (TPSA) is 112 Å². The number of carbonyl (C=O) groups is 1. The average molecular weight is 295 g/mol. The number of aliphatic carboxylic acids is 1. The molecule has 100 valence electrons. The van der Waals surface area contributed by atoms with Crippen LogP contribution in [-0.2, 0) is 15.0 Å². The van der Waals surface area contributed by atoms with Gasteiger partial charge in [0.2, 0.25) is 0 Å². The third kappa shape index (κ3) is 4.43. The van der Waals surface area contributed by atoms with Crippen LogP contribution in [0.25, 0.3) is 0 Å². The lowest BCUT2D eigenvalue weighted by molar-refractivity contribution is -0.137. The van der Waals surface area contributed by atoms with Crippen LogP contribution in [0.3, 0.4) is 0 Å². The summed E-state index contributed by atoms with van der Waals surface area (Å²) in [6.45, 7) is -0.149. The molecule has 0 saturated heterocycles. The van der Waals surface area contributed by atoms with E-state index < -0.39 is 16.2 Å². The van der Waals surface area contributed by atoms with Gasteiger partial charge in [-0.2, -0.15) is 12.7 Å². The molecule has 1 rings (SSSR count). The minimum absolute atomic E-state index is 0.0113. The Hall–Kier alpha value is -1.45. The second-order valence-electron chi connectivity index (χ2n) is 3.30. The van der Waals surface area contributed by atoms with Crippen LogP contribution in [0.4, 0.5) is 5.82 Å². The van der Waals surface area contributed by atoms with Gasteiger partial charge < -0.3 is 5.11 Å². The summed E-state index contributed by atoms with van der Waals surface area (Å²) >= 11 is 5.58. The van der Waals surface area contributed by atoms with E-state index in [0.717, 1.165) is 10.6 Å². The average Bonchev–Trinajstić information content (AvgIpc) is 2.25. The molecule has 0 aliphatic rings. The summed E-state index contributed by atoms with van der Waals surface area (Å²) in [5.74, 6) is -1.07. The lowest BCUT2D eigenvalue weighted by Crippen LogP contribution is -2.34. The number of hydrogen-bond acceptors (Lipinski definition) is 5. The van der Waals surface area contributed by atoms with Gasteiger partial charge in [0, 0.05) is 19.7 Å². The highest BCUT2D eigenvalue weighted by atomic mass is 35.5. The van der Waals surface area contributed by atoms with Crippen LogP contribution in [0, 0.1) is 0 Å². The highest BCUT2D eigenvalue weighted by Crippen LogP contribution is 2.11. The van der Waals surface area contributed by atoms with Gasteiger partial charge in [-0.15, -0.1) is 0 Å². The third-order valence-corrected chi connectivity index (χ3v) is 3.60. The van der Waals surface area contributed by atoms with Gasteiger partial charge in [0.05, 0.1) is 6.42 Å². The molecule has 8 nitrogen and oxygen atoms in total. The maximum atomic E-state index is 11.7. The van der Waals surface area contributed by atoms with E-state index in [1.165, 1.54) is 13.1 Å². The van der Waals surface area contributed by atoms with E-state index in [9.17, 15) is 13.2 Å². The van der Waals surface area contributed by atoms with Crippen LogP contribution in [0.15, 0.2) is 12.4 Å². The van der Waals surface area contributed by atoms with Crippen molar-refractivity contribution in [3.63, 3.8) is 0 Å². The number of carboxylic acid groups (broad SMARTS) is 1. The van der Waals surface area contributed by atoms with E-state index in [0.29, 0.717) is 0 Å². The molecular formula is C8H11ClN4O4S. The maximum absolute atomic E-state index is 11.7. The number of hydrogen-bond donors (Lipinski definition) is 2. The Kier molecular flexibility index (Phi) is 4.82. The van der Waals surface area contributed by atoms with Gasteiger partial charge in [0.25, 0.3) is 0 Å². The van der Waals surface area contributed by atoms with Gasteiger partial charge in [-0.25, -0.2) is 9.97 Å². The molecule has 2 N–H and O–H groups in total. The Labute approximate surface area is 109 Å². The summed E-state index contributed by atoms with van der Waals surface area (Å²) in [5.41, 5.74) is 0. The van der Waals surface area contributed by atoms with Crippen molar-refractivity contribution in [3.8, 4) is 0 Å². The molecule has 0 fully saturated rings. The summed E-state index contributed by atoms with van der Waals surface area (Å²) in [4.78, 5) is 17.6. The van der Waals surface area contributed by atoms with Crippen LogP contribution in [0.1, 0.15) is 6.42 Å². The summed E-state index contributed by atoms with van der Waals surface area (Å²) in [6, 6.07) is 1.24. The predicted octanol–water partition coefficient (Wildman–Crippen LogP) is 0.193. The smallest absolute Gasteiger partial charge is 0.304 e. The third-order valence-electron chi connectivity index (χ3n) is 1.92. The minimum atomic E-state index is -3.85. The van der Waals surface area contributed by atoms with Crippen LogP contribution in [0.5, 0.6) is 0 Å². The van der Waals surface area contributed by atoms with E-state index in [2.05, 4.69) is 14.7 Å². The van der Waals surface area contributed by atoms with Crippen molar-refractivity contribution in [1.29, 1.82) is 0 Å². The van der Waals surface area contributed by atoms with Gasteiger partial charge in [-0.05, 0) is 0 Å². The molecule has 0 atom stereocenters. The van der Waals surface area contributed by atoms with E-state index in [1.807, 2.05) is 0 Å². The van der Waals surface area contributed by atoms with Crippen molar-refractivity contribution in [2.75, 3.05) is 18.3 Å². The lowest BCUT2D eigenvalue weighted by atomic mass is 10.4. The predicted molar refractivity (Wildman–Crippen MR) is 64.5 cm³/mol. The highest BCUT2D eigenvalue weighted by molar-refractivity contribution is 7.90. The van der Waals surface area contributed by atoms with E-state index in [1.54, 1.807) is 0 Å². The van der Waals surface area contributed by atoms with Gasteiger partial charge in [-0.1, -0.05) is 11.6 Å². The Balaban J connectivity index is 2.72. The Morgan fingerprint density at radius 3 is 2.78 bits per heavy atom. The molecule has 0 bridgehead atoms. The SMILES string of the molecule is CN(CCC(=O)O)S(=O)(=O)Nc1cc(Cl)ncn1. The summed E-state index contributed by atoms with van der Waals surface area (Å²) in [6.07, 6.45) is 0.819. The Morgan fingerprint density at radius 1 is 1.56 bits per heavy atom. The van der Waals surface area contributed by atoms with Gasteiger partial charge >= 0.3 is 16.2 Å². The summed E-state index contributed by atoms with van der Waals surface area (Å²) in [7, 11) is -2.60. The maximum Gasteiger partial charge on any atom is 0.304 e. The number of anilines is 1. The van der Waals surface area contributed by atoms with Crippen molar-refractivity contribution in [1.82, 2.24) is 14.3 Å². The number of nitrogens with zero attached hydrogens (tertiary/aromatic N) is 3. The zero-order valence-electron chi connectivity index (χ0n) is 9.37. The van der Waals surface area contributed by atoms with Gasteiger partial charge in [0.15, 0.2) is 0 Å². The number of nitrogens with one attached hydrogen (secondary N) is 1. The van der Waals surface area contributed by atoms with Gasteiger partial charge in [-0.3, -0.25) is 9.52 Å². The first-order valence-corrected chi connectivity index (χ1v) is 6.56. The largest absolute Gasteiger partial charge is 0.481 e. The summed E-state index contributed by atoms with van der Waals surface area (Å²) < 4.78 is 26.5. The van der Waals surface area contributed by atoms with Crippen molar-refractivity contribution in [2.24, 2.45) is 0 Å². The van der Waals surface area contributed by atoms with Crippen molar-refractivity contribution in [3.05, 3.63) is 17.5 Å². The molecule has 0 radical (unpaired) electrons. The van der Waals surface area contributed by atoms with Crippen LogP contribution < -0.4 is 4.72 Å². The molecule has 0 saturated carbocycles. The van der Waals surface area contributed by atoms with E-state index in [-0.39, 0.29) is 23.9 Å². The molecule has 0 spiro atoms. The summed E-state index contributed by atoms with van der Waals surface area (Å²) in [5, 5.41) is 8.57. The second kappa shape index (κ2) is 5.94. The normalized spacial score (nSPS) is 11.5. The molecule has 0 unspecified atom stereocenters. The number of halogens is 1. The number of aromatic nitrogens is 2. The molecular weight excluding hydrogens is 284 g/mol. The fraction of sp³-hybridized carbons (Fsp3) is 0.375. The van der Waals surface area contributed by atoms with Crippen molar-refractivity contribution >= 4 is 33.6 Å². The minimum Gasteiger partial charge on any atom is -0.481 e. The molecule has 0 aliphatic heterocycles. The van der Waals surface area contributed by atoms with Crippen LogP contribution in [-0.4, -0.2) is 47.4 Å². The molecule has 0 aliphatic carbocycles. The molecule has 0 amide bonds. The second-order valence-corrected chi connectivity index (χ2v) is 5.46. The zero-order valence-corrected chi connectivity index (χ0v) is 10.9. The zero-order chi connectivity index (χ0) is 13.8. The fourth-order valence-electron chi connectivity index (χ4n) is 0.973. The first-order valence-electron chi connectivity index (χ1n) is 4.74. The Bertz CT molecular complexity index is 536. The molecule has 1 aromatic heterocycles. The van der Waals surface area contributed by atoms with E-state index in [4.69, 9.17) is 16.7 Å². The monoisotopic (exact) mass is 294 g/mol. The molecule has 18 heavy (non-hydrogen) atoms. The molecule has 0 aromatic carbocycles. The molecule has 10 heteroatoms. The molecule has 1 heterocycles.